The van der Waals surface area contributed by atoms with E-state index >= 15 is 0 Å². The molecule has 77 heavy (non-hydrogen) atoms. The zero-order valence-electron chi connectivity index (χ0n) is 46.6. The van der Waals surface area contributed by atoms with E-state index in [2.05, 4.69) is 144 Å². The number of rotatable bonds is 13. The Balaban J connectivity index is -0.0000000121. The Morgan fingerprint density at radius 2 is 0.455 bits per heavy atom. The van der Waals surface area contributed by atoms with E-state index in [9.17, 15) is 0 Å². The van der Waals surface area contributed by atoms with Gasteiger partial charge in [0.1, 0.15) is 0 Å². The fraction of sp³-hybridized carbons (Fsp3) is 0.947. The molecular formula is C57H185O10Si9V-. The second kappa shape index (κ2) is 116. The molecule has 0 spiro atoms. The van der Waals surface area contributed by atoms with Gasteiger partial charge in [0.05, 0.1) is 8.07 Å². The van der Waals surface area contributed by atoms with Crippen molar-refractivity contribution in [3.8, 4) is 0 Å². The first-order valence-electron chi connectivity index (χ1n) is 20.5. The molecule has 0 fully saturated rings. The van der Waals surface area contributed by atoms with Crippen molar-refractivity contribution in [3.63, 3.8) is 0 Å². The standard InChI is InChI=1S/C6H16OSi.C5H12Si.2C4H12O2Si.3C4H12OSi.2C3H10OSi.C2H5.18CH4.V/c1-5-6-8(3,4)7-2;1-5-6(2,3)4;2*1-5-7(3,4)6-2;3*1-5-6(2,3)4;2*1-4-5(2)3;1-2;;;;;;;;;;;;;;;;;;;/h5-6H2,1-4H3;5H,1H2,2-4H3;2*1-4H3;3*1-4H3;2*5H,1-3H3;1H2,2H3;18*1H4;/q;;;;;;;;;-1;;;;;;;;;;;;;;;;;;;. The second-order valence-electron chi connectivity index (χ2n) is 18.4. The summed E-state index contributed by atoms with van der Waals surface area (Å²) < 4.78 is 50.3. The molecule has 0 saturated heterocycles. The summed E-state index contributed by atoms with van der Waals surface area (Å²) in [5, 5.41) is 0. The van der Waals surface area contributed by atoms with Gasteiger partial charge < -0.3 is 51.2 Å². The zero-order chi connectivity index (χ0) is 49.8. The molecule has 0 aromatic rings. The van der Waals surface area contributed by atoms with Crippen LogP contribution in [0.25, 0.3) is 0 Å². The minimum absolute atomic E-state index is 0. The molecular weight excluding hydrogens is 1150 g/mol. The molecule has 0 saturated carbocycles. The maximum atomic E-state index is 5.32. The van der Waals surface area contributed by atoms with Crippen molar-refractivity contribution in [3.05, 3.63) is 19.2 Å². The van der Waals surface area contributed by atoms with E-state index in [-0.39, 0.29) is 152 Å². The summed E-state index contributed by atoms with van der Waals surface area (Å²) in [4.78, 5) is 0. The monoisotopic (exact) mass is 1330 g/mol. The Labute approximate surface area is 530 Å². The molecule has 0 bridgehead atoms. The topological polar surface area (TPSA) is 92.3 Å². The molecule has 20 heteroatoms. The third kappa shape index (κ3) is 330. The maximum Gasteiger partial charge on any atom is 0.331 e. The van der Waals surface area contributed by atoms with Crippen LogP contribution in [-0.4, -0.2) is 148 Å². The zero-order valence-corrected chi connectivity index (χ0v) is 57.3. The summed E-state index contributed by atoms with van der Waals surface area (Å²) in [5.41, 5.74) is 2.08. The van der Waals surface area contributed by atoms with Crippen LogP contribution in [0.3, 0.4) is 0 Å². The fourth-order valence-electron chi connectivity index (χ4n) is 0.871. The van der Waals surface area contributed by atoms with Crippen LogP contribution in [0.15, 0.2) is 12.3 Å². The van der Waals surface area contributed by atoms with Crippen LogP contribution in [0, 0.1) is 6.92 Å². The predicted molar refractivity (Wildman–Crippen MR) is 411 cm³/mol. The van der Waals surface area contributed by atoms with Gasteiger partial charge in [-0.2, -0.15) is 6.92 Å². The van der Waals surface area contributed by atoms with Gasteiger partial charge in [0.25, 0.3) is 0 Å². The van der Waals surface area contributed by atoms with E-state index in [1.165, 1.54) is 12.5 Å². The van der Waals surface area contributed by atoms with Crippen LogP contribution in [0.4, 0.5) is 0 Å². The Morgan fingerprint density at radius 1 is 0.338 bits per heavy atom. The Morgan fingerprint density at radius 3 is 0.468 bits per heavy atom. The molecule has 0 aliphatic carbocycles. The van der Waals surface area contributed by atoms with Crippen LogP contribution >= 0.6 is 0 Å². The van der Waals surface area contributed by atoms with Crippen LogP contribution < -0.4 is 0 Å². The average molecular weight is 1330 g/mol. The van der Waals surface area contributed by atoms with Gasteiger partial charge in [0, 0.05) is 89.7 Å². The maximum absolute atomic E-state index is 5.32. The molecule has 0 unspecified atom stereocenters. The molecule has 0 aromatic heterocycles. The Bertz CT molecular complexity index is 716. The first kappa shape index (κ1) is 192. The van der Waals surface area contributed by atoms with Crippen molar-refractivity contribution < 1.29 is 62.8 Å². The molecule has 0 aromatic carbocycles. The summed E-state index contributed by atoms with van der Waals surface area (Å²) in [6, 6.07) is 1.28. The molecule has 1 radical (unpaired) electrons. The van der Waals surface area contributed by atoms with E-state index < -0.39 is 76.5 Å². The van der Waals surface area contributed by atoms with E-state index in [1.54, 1.807) is 70.9 Å². The summed E-state index contributed by atoms with van der Waals surface area (Å²) in [6.45, 7) is 58.1. The molecule has 0 amide bonds. The average Bonchev–Trinajstić information content (AvgIpc) is 3.13. The molecule has 0 rings (SSSR count). The quantitative estimate of drug-likeness (QED) is 0.131. The number of hydrogen-bond donors (Lipinski definition) is 0. The Kier molecular flexibility index (Phi) is 291. The second-order valence-corrected chi connectivity index (χ2v) is 54.3. The molecule has 10 nitrogen and oxygen atoms in total. The van der Waals surface area contributed by atoms with E-state index in [1.807, 2.05) is 33.3 Å². The van der Waals surface area contributed by atoms with Crippen LogP contribution in [-0.2, 0) is 62.8 Å². The van der Waals surface area contributed by atoms with E-state index in [0.29, 0.717) is 0 Å². The van der Waals surface area contributed by atoms with Crippen LogP contribution in [0.5, 0.6) is 0 Å². The van der Waals surface area contributed by atoms with Gasteiger partial charge in [0.15, 0.2) is 51.4 Å². The fourth-order valence-corrected chi connectivity index (χ4v) is 2.61. The smallest absolute Gasteiger partial charge is 0.331 e. The van der Waals surface area contributed by atoms with Crippen LogP contribution in [0.1, 0.15) is 154 Å². The molecule has 0 aliphatic heterocycles. The molecule has 0 N–H and O–H groups in total. The first-order chi connectivity index (χ1) is 25.6. The minimum atomic E-state index is -1.65. The normalized spacial score (nSPS) is 8.43. The third-order valence-electron chi connectivity index (χ3n) is 6.76. The van der Waals surface area contributed by atoms with Gasteiger partial charge in [-0.25, -0.2) is 0 Å². The van der Waals surface area contributed by atoms with Crippen molar-refractivity contribution in [2.45, 2.75) is 304 Å². The molecule has 0 heterocycles. The number of hydrogen-bond acceptors (Lipinski definition) is 10. The molecule has 0 atom stereocenters. The van der Waals surface area contributed by atoms with Crippen molar-refractivity contribution >= 4 is 76.5 Å². The summed E-state index contributed by atoms with van der Waals surface area (Å²) in [5.74, 6) is 0. The predicted octanol–water partition coefficient (Wildman–Crippen LogP) is 24.2. The van der Waals surface area contributed by atoms with Crippen LogP contribution in [0.2, 0.25) is 150 Å². The summed E-state index contributed by atoms with van der Waals surface area (Å²) >= 11 is 0. The van der Waals surface area contributed by atoms with Gasteiger partial charge in [-0.1, -0.05) is 167 Å². The van der Waals surface area contributed by atoms with Gasteiger partial charge >= 0.3 is 17.1 Å². The van der Waals surface area contributed by atoms with Gasteiger partial charge in [-0.3, -0.25) is 0 Å². The van der Waals surface area contributed by atoms with Gasteiger partial charge in [-0.15, -0.1) is 12.3 Å². The van der Waals surface area contributed by atoms with Crippen molar-refractivity contribution in [1.82, 2.24) is 0 Å². The van der Waals surface area contributed by atoms with Gasteiger partial charge in [0.2, 0.25) is 0 Å². The third-order valence-corrected chi connectivity index (χ3v) is 20.3. The van der Waals surface area contributed by atoms with Gasteiger partial charge in [-0.05, 0) is 130 Å². The first-order valence-corrected chi connectivity index (χ1v) is 48.6. The van der Waals surface area contributed by atoms with Crippen molar-refractivity contribution in [2.75, 3.05) is 71.1 Å². The van der Waals surface area contributed by atoms with E-state index in [0.717, 1.165) is 0 Å². The summed E-state index contributed by atoms with van der Waals surface area (Å²) in [6.07, 6.45) is 1.26. The van der Waals surface area contributed by atoms with Crippen molar-refractivity contribution in [2.24, 2.45) is 0 Å². The molecule has 0 aliphatic rings. The van der Waals surface area contributed by atoms with E-state index in [4.69, 9.17) is 44.3 Å². The minimum Gasteiger partial charge on any atom is -0.424 e. The SMILES string of the molecule is C.C.C.C.C.C.C.C.C.C.C.C.C.C.C.C.C.C.C=C[Si](C)(C)C.CCC[Si](C)(C)OC.CO[SiH](C)C.CO[SiH](C)C.CO[Si](C)(C)C.CO[Si](C)(C)C.CO[Si](C)(C)C.CO[Si](C)(C)OC.CO[Si](C)(C)OC.[CH2-]C.[V]. The van der Waals surface area contributed by atoms with Crippen molar-refractivity contribution in [1.29, 1.82) is 0 Å². The largest absolute Gasteiger partial charge is 0.424 e. The summed E-state index contributed by atoms with van der Waals surface area (Å²) in [7, 11) is 7.32. The Hall–Kier alpha value is 1.88. The molecule has 515 valence electrons.